The van der Waals surface area contributed by atoms with Crippen molar-refractivity contribution in [3.05, 3.63) is 34.6 Å². The van der Waals surface area contributed by atoms with Crippen molar-refractivity contribution < 1.29 is 18.8 Å². The van der Waals surface area contributed by atoms with Crippen molar-refractivity contribution in [2.75, 3.05) is 33.3 Å². The van der Waals surface area contributed by atoms with Gasteiger partial charge in [-0.3, -0.25) is 14.5 Å². The molecule has 0 N–H and O–H groups in total. The van der Waals surface area contributed by atoms with Crippen LogP contribution in [0.1, 0.15) is 31.6 Å². The number of carbonyl (C=O) groups excluding carboxylic acids is 2. The van der Waals surface area contributed by atoms with E-state index in [0.29, 0.717) is 44.2 Å². The van der Waals surface area contributed by atoms with Crippen LogP contribution in [0.25, 0.3) is 11.4 Å². The lowest BCUT2D eigenvalue weighted by molar-refractivity contribution is -0.150. The molecule has 0 radical (unpaired) electrons. The third-order valence-corrected chi connectivity index (χ3v) is 6.68. The molecule has 0 unspecified atom stereocenters. The number of aromatic nitrogens is 2. The van der Waals surface area contributed by atoms with Crippen LogP contribution in [0.15, 0.2) is 33.3 Å². The Bertz CT molecular complexity index is 918. The predicted octanol–water partition coefficient (Wildman–Crippen LogP) is 3.12. The van der Waals surface area contributed by atoms with Crippen molar-refractivity contribution in [1.82, 2.24) is 19.9 Å². The lowest BCUT2D eigenvalue weighted by Crippen LogP contribution is -2.46. The second-order valence-corrected chi connectivity index (χ2v) is 9.11. The summed E-state index contributed by atoms with van der Waals surface area (Å²) < 4.78 is 11.2. The molecule has 0 atom stereocenters. The standard InChI is InChI=1S/C22H27BrN4O4/c1-30-22(29)16-7-11-27(12-8-16)21(28)15-5-9-26(10-6-15)14-19-24-20(25-31-19)17-3-2-4-18(23)13-17/h2-4,13,15-16H,5-12,14H2,1H3. The summed E-state index contributed by atoms with van der Waals surface area (Å²) in [6, 6.07) is 7.80. The summed E-state index contributed by atoms with van der Waals surface area (Å²) in [5, 5.41) is 4.09. The minimum Gasteiger partial charge on any atom is -0.469 e. The molecule has 1 aromatic carbocycles. The highest BCUT2D eigenvalue weighted by Crippen LogP contribution is 2.26. The molecule has 1 aromatic heterocycles. The van der Waals surface area contributed by atoms with Gasteiger partial charge in [0.25, 0.3) is 0 Å². The molecule has 8 nitrogen and oxygen atoms in total. The fraction of sp³-hybridized carbons (Fsp3) is 0.545. The number of amides is 1. The zero-order valence-electron chi connectivity index (χ0n) is 17.6. The minimum absolute atomic E-state index is 0.0471. The number of hydrogen-bond acceptors (Lipinski definition) is 7. The van der Waals surface area contributed by atoms with Gasteiger partial charge >= 0.3 is 5.97 Å². The summed E-state index contributed by atoms with van der Waals surface area (Å²) >= 11 is 3.46. The predicted molar refractivity (Wildman–Crippen MR) is 117 cm³/mol. The zero-order chi connectivity index (χ0) is 21.8. The van der Waals surface area contributed by atoms with Crippen molar-refractivity contribution >= 4 is 27.8 Å². The maximum absolute atomic E-state index is 12.9. The maximum atomic E-state index is 12.9. The molecule has 0 spiro atoms. The van der Waals surface area contributed by atoms with Crippen molar-refractivity contribution in [2.24, 2.45) is 11.8 Å². The topological polar surface area (TPSA) is 88.8 Å². The van der Waals surface area contributed by atoms with Crippen LogP contribution in [0.2, 0.25) is 0 Å². The van der Waals surface area contributed by atoms with Crippen LogP contribution in [-0.2, 0) is 20.9 Å². The largest absolute Gasteiger partial charge is 0.469 e. The van der Waals surface area contributed by atoms with E-state index in [4.69, 9.17) is 9.26 Å². The van der Waals surface area contributed by atoms with Gasteiger partial charge in [0.1, 0.15) is 0 Å². The number of benzene rings is 1. The molecule has 0 bridgehead atoms. The van der Waals surface area contributed by atoms with Gasteiger partial charge in [-0.15, -0.1) is 0 Å². The van der Waals surface area contributed by atoms with Crippen LogP contribution in [0, 0.1) is 11.8 Å². The molecular weight excluding hydrogens is 464 g/mol. The van der Waals surface area contributed by atoms with Crippen LogP contribution in [-0.4, -0.2) is 65.1 Å². The molecule has 2 aromatic rings. The second-order valence-electron chi connectivity index (χ2n) is 8.20. The lowest BCUT2D eigenvalue weighted by atomic mass is 9.92. The number of likely N-dealkylation sites (tertiary alicyclic amines) is 2. The molecule has 0 aliphatic carbocycles. The summed E-state index contributed by atoms with van der Waals surface area (Å²) in [6.07, 6.45) is 3.02. The highest BCUT2D eigenvalue weighted by atomic mass is 79.9. The normalized spacial score (nSPS) is 18.8. The summed E-state index contributed by atoms with van der Waals surface area (Å²) in [5.41, 5.74) is 0.907. The number of methoxy groups -OCH3 is 1. The van der Waals surface area contributed by atoms with E-state index in [1.165, 1.54) is 7.11 Å². The van der Waals surface area contributed by atoms with Gasteiger partial charge in [0, 0.05) is 29.0 Å². The molecule has 2 fully saturated rings. The number of piperidine rings is 2. The molecule has 2 saturated heterocycles. The Labute approximate surface area is 190 Å². The van der Waals surface area contributed by atoms with E-state index in [2.05, 4.69) is 31.0 Å². The van der Waals surface area contributed by atoms with Gasteiger partial charge in [0.15, 0.2) is 0 Å². The third-order valence-electron chi connectivity index (χ3n) is 6.19. The van der Waals surface area contributed by atoms with Crippen LogP contribution in [0.4, 0.5) is 0 Å². The van der Waals surface area contributed by atoms with Gasteiger partial charge in [0.05, 0.1) is 19.6 Å². The van der Waals surface area contributed by atoms with Crippen LogP contribution in [0.5, 0.6) is 0 Å². The first-order valence-corrected chi connectivity index (χ1v) is 11.5. The average Bonchev–Trinajstić information content (AvgIpc) is 3.27. The average molecular weight is 491 g/mol. The van der Waals surface area contributed by atoms with Gasteiger partial charge < -0.3 is 14.2 Å². The minimum atomic E-state index is -0.163. The Kier molecular flexibility index (Phi) is 7.02. The van der Waals surface area contributed by atoms with Gasteiger partial charge in [-0.25, -0.2) is 0 Å². The fourth-order valence-electron chi connectivity index (χ4n) is 4.35. The number of rotatable bonds is 5. The highest BCUT2D eigenvalue weighted by Gasteiger charge is 2.33. The number of hydrogen-bond donors (Lipinski definition) is 0. The van der Waals surface area contributed by atoms with E-state index in [9.17, 15) is 9.59 Å². The zero-order valence-corrected chi connectivity index (χ0v) is 19.2. The second kappa shape index (κ2) is 9.91. The molecule has 3 heterocycles. The Morgan fingerprint density at radius 1 is 1.13 bits per heavy atom. The Morgan fingerprint density at radius 3 is 2.52 bits per heavy atom. The third kappa shape index (κ3) is 5.33. The molecule has 0 saturated carbocycles. The molecule has 2 aliphatic rings. The molecule has 1 amide bonds. The van der Waals surface area contributed by atoms with E-state index >= 15 is 0 Å². The van der Waals surface area contributed by atoms with Crippen molar-refractivity contribution in [1.29, 1.82) is 0 Å². The van der Waals surface area contributed by atoms with E-state index in [-0.39, 0.29) is 23.7 Å². The lowest BCUT2D eigenvalue weighted by Gasteiger charge is -2.36. The van der Waals surface area contributed by atoms with E-state index in [1.54, 1.807) is 0 Å². The SMILES string of the molecule is COC(=O)C1CCN(C(=O)C2CCN(Cc3nc(-c4cccc(Br)c4)no3)CC2)CC1. The van der Waals surface area contributed by atoms with Crippen LogP contribution < -0.4 is 0 Å². The summed E-state index contributed by atoms with van der Waals surface area (Å²) in [6.45, 7) is 3.51. The number of ether oxygens (including phenoxy) is 1. The van der Waals surface area contributed by atoms with E-state index in [1.807, 2.05) is 29.2 Å². The molecule has 2 aliphatic heterocycles. The van der Waals surface area contributed by atoms with Crippen LogP contribution >= 0.6 is 15.9 Å². The Hall–Kier alpha value is -2.26. The van der Waals surface area contributed by atoms with E-state index in [0.717, 1.165) is 36.0 Å². The van der Waals surface area contributed by atoms with Crippen molar-refractivity contribution in [2.45, 2.75) is 32.2 Å². The van der Waals surface area contributed by atoms with Gasteiger partial charge in [-0.05, 0) is 50.9 Å². The first-order valence-electron chi connectivity index (χ1n) is 10.7. The fourth-order valence-corrected chi connectivity index (χ4v) is 4.75. The summed E-state index contributed by atoms with van der Waals surface area (Å²) in [4.78, 5) is 33.3. The van der Waals surface area contributed by atoms with Crippen molar-refractivity contribution in [3.63, 3.8) is 0 Å². The molecule has 166 valence electrons. The van der Waals surface area contributed by atoms with Gasteiger partial charge in [-0.2, -0.15) is 4.98 Å². The molecular formula is C22H27BrN4O4. The summed E-state index contributed by atoms with van der Waals surface area (Å²) in [7, 11) is 1.42. The number of carbonyl (C=O) groups is 2. The van der Waals surface area contributed by atoms with Crippen molar-refractivity contribution in [3.8, 4) is 11.4 Å². The molecule has 31 heavy (non-hydrogen) atoms. The van der Waals surface area contributed by atoms with E-state index < -0.39 is 0 Å². The first-order chi connectivity index (χ1) is 15.0. The first kappa shape index (κ1) is 22.0. The number of halogens is 1. The Balaban J connectivity index is 1.25. The summed E-state index contributed by atoms with van der Waals surface area (Å²) in [5.74, 6) is 1.20. The highest BCUT2D eigenvalue weighted by molar-refractivity contribution is 9.10. The smallest absolute Gasteiger partial charge is 0.308 e. The quantitative estimate of drug-likeness (QED) is 0.594. The molecule has 4 rings (SSSR count). The molecule has 9 heteroatoms. The van der Waals surface area contributed by atoms with Gasteiger partial charge in [-0.1, -0.05) is 33.2 Å². The Morgan fingerprint density at radius 2 is 1.84 bits per heavy atom. The monoisotopic (exact) mass is 490 g/mol. The van der Waals surface area contributed by atoms with Gasteiger partial charge in [0.2, 0.25) is 17.6 Å². The number of esters is 1. The maximum Gasteiger partial charge on any atom is 0.308 e. The van der Waals surface area contributed by atoms with Crippen LogP contribution in [0.3, 0.4) is 0 Å². The number of nitrogens with zero attached hydrogens (tertiary/aromatic N) is 4.